The lowest BCUT2D eigenvalue weighted by Gasteiger charge is -2.30. The molecule has 0 aromatic heterocycles. The molecule has 1 rings (SSSR count). The van der Waals surface area contributed by atoms with E-state index in [2.05, 4.69) is 0 Å². The minimum absolute atomic E-state index is 0.283. The van der Waals surface area contributed by atoms with E-state index >= 15 is 0 Å². The number of carbonyl (C=O) groups is 1. The first-order valence-corrected chi connectivity index (χ1v) is 5.15. The highest BCUT2D eigenvalue weighted by molar-refractivity contribution is 5.87. The number of nitrogens with zero attached hydrogens (tertiary/aromatic N) is 1. The monoisotopic (exact) mass is 183 g/mol. The molecule has 0 atom stereocenters. The molecule has 0 spiro atoms. The Kier molecular flexibility index (Phi) is 3.12. The van der Waals surface area contributed by atoms with Crippen molar-refractivity contribution < 1.29 is 4.79 Å². The third kappa shape index (κ3) is 2.80. The number of likely N-dealkylation sites (N-methyl/N-ethyl adjacent to an activating group) is 1. The lowest BCUT2D eigenvalue weighted by Crippen LogP contribution is -2.45. The van der Waals surface area contributed by atoms with Crippen LogP contribution in [0.15, 0.2) is 0 Å². The molecule has 0 aliphatic heterocycles. The van der Waals surface area contributed by atoms with Crippen molar-refractivity contribution in [3.8, 4) is 0 Å². The summed E-state index contributed by atoms with van der Waals surface area (Å²) in [4.78, 5) is 13.8. The first-order valence-electron chi connectivity index (χ1n) is 5.15. The molecule has 0 heterocycles. The van der Waals surface area contributed by atoms with E-state index in [0.717, 1.165) is 18.8 Å². The zero-order chi connectivity index (χ0) is 10.1. The predicted molar refractivity (Wildman–Crippen MR) is 54.7 cm³/mol. The fraction of sp³-hybridized carbons (Fsp3) is 0.909. The molecule has 1 aliphatic carbocycles. The van der Waals surface area contributed by atoms with Gasteiger partial charge in [-0.2, -0.15) is 0 Å². The van der Waals surface area contributed by atoms with E-state index in [0.29, 0.717) is 5.78 Å². The van der Waals surface area contributed by atoms with E-state index < -0.39 is 0 Å². The molecule has 1 aliphatic rings. The van der Waals surface area contributed by atoms with Gasteiger partial charge in [0.15, 0.2) is 5.78 Å². The van der Waals surface area contributed by atoms with Gasteiger partial charge in [0.25, 0.3) is 0 Å². The van der Waals surface area contributed by atoms with Crippen LogP contribution in [0.5, 0.6) is 0 Å². The van der Waals surface area contributed by atoms with Crippen molar-refractivity contribution >= 4 is 5.78 Å². The van der Waals surface area contributed by atoms with Crippen LogP contribution in [0.2, 0.25) is 0 Å². The quantitative estimate of drug-likeness (QED) is 0.650. The van der Waals surface area contributed by atoms with Gasteiger partial charge in [0.1, 0.15) is 0 Å². The molecule has 76 valence electrons. The zero-order valence-corrected chi connectivity index (χ0v) is 9.26. The van der Waals surface area contributed by atoms with Gasteiger partial charge in [-0.3, -0.25) is 9.69 Å². The molecule has 0 radical (unpaired) electrons. The fourth-order valence-corrected chi connectivity index (χ4v) is 1.30. The molecule has 1 fully saturated rings. The molecule has 0 amide bonds. The third-order valence-corrected chi connectivity index (χ3v) is 3.28. The van der Waals surface area contributed by atoms with Gasteiger partial charge in [-0.15, -0.1) is 0 Å². The third-order valence-electron chi connectivity index (χ3n) is 3.28. The van der Waals surface area contributed by atoms with Crippen LogP contribution < -0.4 is 0 Å². The van der Waals surface area contributed by atoms with Crippen LogP contribution in [0.3, 0.4) is 0 Å². The Morgan fingerprint density at radius 3 is 2.31 bits per heavy atom. The van der Waals surface area contributed by atoms with Crippen molar-refractivity contribution in [1.82, 2.24) is 4.90 Å². The van der Waals surface area contributed by atoms with Crippen LogP contribution in [-0.2, 0) is 4.79 Å². The van der Waals surface area contributed by atoms with E-state index in [4.69, 9.17) is 0 Å². The van der Waals surface area contributed by atoms with Crippen LogP contribution in [0.1, 0.15) is 39.5 Å². The topological polar surface area (TPSA) is 20.3 Å². The summed E-state index contributed by atoms with van der Waals surface area (Å²) < 4.78 is 0. The molecule has 1 saturated carbocycles. The number of rotatable bonds is 5. The molecular weight excluding hydrogens is 162 g/mol. The second-order valence-corrected chi connectivity index (χ2v) is 4.86. The van der Waals surface area contributed by atoms with Gasteiger partial charge in [-0.25, -0.2) is 0 Å². The summed E-state index contributed by atoms with van der Waals surface area (Å²) in [5, 5.41) is 0. The summed E-state index contributed by atoms with van der Waals surface area (Å²) >= 11 is 0. The van der Waals surface area contributed by atoms with Crippen molar-refractivity contribution in [1.29, 1.82) is 0 Å². The first kappa shape index (κ1) is 10.7. The van der Waals surface area contributed by atoms with Crippen molar-refractivity contribution in [2.45, 2.75) is 45.1 Å². The van der Waals surface area contributed by atoms with Gasteiger partial charge in [0.05, 0.1) is 5.54 Å². The minimum atomic E-state index is -0.283. The highest BCUT2D eigenvalue weighted by Crippen LogP contribution is 2.34. The first-order chi connectivity index (χ1) is 5.94. The maximum Gasteiger partial charge on any atom is 0.152 e. The standard InChI is InChI=1S/C11H21NO/c1-11(2,12(3)4)10(13)8-7-9-5-6-9/h9H,5-8H2,1-4H3. The highest BCUT2D eigenvalue weighted by atomic mass is 16.1. The minimum Gasteiger partial charge on any atom is -0.298 e. The smallest absolute Gasteiger partial charge is 0.152 e. The van der Waals surface area contributed by atoms with E-state index in [1.807, 2.05) is 32.8 Å². The highest BCUT2D eigenvalue weighted by Gasteiger charge is 2.31. The molecule has 0 unspecified atom stereocenters. The Morgan fingerprint density at radius 2 is 1.92 bits per heavy atom. The molecule has 2 nitrogen and oxygen atoms in total. The normalized spacial score (nSPS) is 17.9. The van der Waals surface area contributed by atoms with E-state index in [-0.39, 0.29) is 5.54 Å². The maximum atomic E-state index is 11.8. The molecule has 0 N–H and O–H groups in total. The second kappa shape index (κ2) is 3.79. The number of Topliss-reactive ketones (excluding diaryl/α,β-unsaturated/α-hetero) is 1. The largest absolute Gasteiger partial charge is 0.298 e. The molecular formula is C11H21NO. The van der Waals surface area contributed by atoms with Crippen LogP contribution in [-0.4, -0.2) is 30.3 Å². The summed E-state index contributed by atoms with van der Waals surface area (Å²) in [7, 11) is 3.93. The van der Waals surface area contributed by atoms with Gasteiger partial charge < -0.3 is 0 Å². The fourth-order valence-electron chi connectivity index (χ4n) is 1.30. The zero-order valence-electron chi connectivity index (χ0n) is 9.26. The van der Waals surface area contributed by atoms with Crippen molar-refractivity contribution in [2.75, 3.05) is 14.1 Å². The Hall–Kier alpha value is -0.370. The molecule has 0 bridgehead atoms. The van der Waals surface area contributed by atoms with Crippen LogP contribution in [0, 0.1) is 5.92 Å². The van der Waals surface area contributed by atoms with Gasteiger partial charge in [0.2, 0.25) is 0 Å². The Labute approximate surface area is 81.3 Å². The van der Waals surface area contributed by atoms with Gasteiger partial charge in [-0.05, 0) is 40.3 Å². The summed E-state index contributed by atoms with van der Waals surface area (Å²) in [5.41, 5.74) is -0.283. The van der Waals surface area contributed by atoms with Gasteiger partial charge in [0, 0.05) is 6.42 Å². The molecule has 0 aromatic carbocycles. The summed E-state index contributed by atoms with van der Waals surface area (Å²) in [6.07, 6.45) is 4.55. The van der Waals surface area contributed by atoms with Crippen molar-refractivity contribution in [3.05, 3.63) is 0 Å². The molecule has 13 heavy (non-hydrogen) atoms. The lowest BCUT2D eigenvalue weighted by atomic mass is 9.93. The van der Waals surface area contributed by atoms with Gasteiger partial charge >= 0.3 is 0 Å². The second-order valence-electron chi connectivity index (χ2n) is 4.86. The summed E-state index contributed by atoms with van der Waals surface area (Å²) in [6, 6.07) is 0. The summed E-state index contributed by atoms with van der Waals surface area (Å²) in [5.74, 6) is 1.24. The Bertz CT molecular complexity index is 192. The molecule has 0 saturated heterocycles. The summed E-state index contributed by atoms with van der Waals surface area (Å²) in [6.45, 7) is 4.00. The Balaban J connectivity index is 2.35. The van der Waals surface area contributed by atoms with Crippen LogP contribution in [0.4, 0.5) is 0 Å². The number of carbonyl (C=O) groups excluding carboxylic acids is 1. The SMILES string of the molecule is CN(C)C(C)(C)C(=O)CCC1CC1. The number of hydrogen-bond donors (Lipinski definition) is 0. The molecule has 2 heteroatoms. The van der Waals surface area contributed by atoms with Crippen LogP contribution in [0.25, 0.3) is 0 Å². The maximum absolute atomic E-state index is 11.8. The van der Waals surface area contributed by atoms with Gasteiger partial charge in [-0.1, -0.05) is 12.8 Å². The lowest BCUT2D eigenvalue weighted by molar-refractivity contribution is -0.128. The molecule has 0 aromatic rings. The van der Waals surface area contributed by atoms with E-state index in [1.165, 1.54) is 12.8 Å². The van der Waals surface area contributed by atoms with E-state index in [9.17, 15) is 4.79 Å². The average Bonchev–Trinajstić information content (AvgIpc) is 2.82. The number of ketones is 1. The predicted octanol–water partition coefficient (Wildman–Crippen LogP) is 2.09. The Morgan fingerprint density at radius 1 is 1.38 bits per heavy atom. The van der Waals surface area contributed by atoms with E-state index in [1.54, 1.807) is 0 Å². The van der Waals surface area contributed by atoms with Crippen molar-refractivity contribution in [3.63, 3.8) is 0 Å². The average molecular weight is 183 g/mol. The number of hydrogen-bond acceptors (Lipinski definition) is 2. The van der Waals surface area contributed by atoms with Crippen LogP contribution >= 0.6 is 0 Å². The van der Waals surface area contributed by atoms with Crippen molar-refractivity contribution in [2.24, 2.45) is 5.92 Å².